The highest BCUT2D eigenvalue weighted by Gasteiger charge is 2.50. The van der Waals surface area contributed by atoms with E-state index in [1.807, 2.05) is 0 Å². The molecule has 1 aliphatic heterocycles. The van der Waals surface area contributed by atoms with E-state index in [1.165, 1.54) is 26.0 Å². The molecule has 3 rings (SSSR count). The predicted octanol–water partition coefficient (Wildman–Crippen LogP) is 3.29. The van der Waals surface area contributed by atoms with Crippen LogP contribution in [0.5, 0.6) is 11.5 Å². The highest BCUT2D eigenvalue weighted by molar-refractivity contribution is 5.83. The summed E-state index contributed by atoms with van der Waals surface area (Å²) in [5.74, 6) is -1.52. The molecule has 0 saturated heterocycles. The molecule has 2 aromatic carbocycles. The van der Waals surface area contributed by atoms with E-state index in [0.29, 0.717) is 22.6 Å². The van der Waals surface area contributed by atoms with Gasteiger partial charge in [-0.3, -0.25) is 9.59 Å². The second-order valence-corrected chi connectivity index (χ2v) is 7.28. The molecule has 2 N–H and O–H groups in total. The summed E-state index contributed by atoms with van der Waals surface area (Å²) in [5, 5.41) is 22.2. The Balaban J connectivity index is 2.12. The molecule has 3 unspecified atom stereocenters. The van der Waals surface area contributed by atoms with Gasteiger partial charge in [0, 0.05) is 6.92 Å². The number of aliphatic hydroxyl groups is 2. The first-order chi connectivity index (χ1) is 15.3. The van der Waals surface area contributed by atoms with Gasteiger partial charge in [0.15, 0.2) is 0 Å². The molecule has 2 aromatic rings. The van der Waals surface area contributed by atoms with E-state index < -0.39 is 35.7 Å². The zero-order valence-electron chi connectivity index (χ0n) is 18.4. The maximum absolute atomic E-state index is 12.8. The maximum atomic E-state index is 12.8. The molecule has 8 nitrogen and oxygen atoms in total. The van der Waals surface area contributed by atoms with Crippen LogP contribution in [0.3, 0.4) is 0 Å². The Labute approximate surface area is 186 Å². The van der Waals surface area contributed by atoms with Crippen LogP contribution in [-0.4, -0.2) is 47.8 Å². The van der Waals surface area contributed by atoms with Crippen molar-refractivity contribution in [2.75, 3.05) is 20.8 Å². The lowest BCUT2D eigenvalue weighted by molar-refractivity contribution is -0.149. The number of carbonyl (C=O) groups is 2. The van der Waals surface area contributed by atoms with Crippen LogP contribution in [0.1, 0.15) is 37.1 Å². The third kappa shape index (κ3) is 4.27. The molecular weight excluding hydrogens is 414 g/mol. The predicted molar refractivity (Wildman–Crippen MR) is 116 cm³/mol. The molecular formula is C24H27NO7. The molecule has 0 radical (unpaired) electrons. The highest BCUT2D eigenvalue weighted by atomic mass is 16.5. The van der Waals surface area contributed by atoms with Crippen LogP contribution in [-0.2, 0) is 14.3 Å². The number of aliphatic hydroxyl groups excluding tert-OH is 2. The molecule has 0 spiro atoms. The van der Waals surface area contributed by atoms with Crippen molar-refractivity contribution in [3.63, 3.8) is 0 Å². The Hall–Kier alpha value is -3.52. The minimum Gasteiger partial charge on any atom is -0.509 e. The van der Waals surface area contributed by atoms with E-state index in [9.17, 15) is 19.8 Å². The average Bonchev–Trinajstić information content (AvgIpc) is 3.12. The third-order valence-electron chi connectivity index (χ3n) is 5.44. The first-order valence-corrected chi connectivity index (χ1v) is 10.2. The highest BCUT2D eigenvalue weighted by Crippen LogP contribution is 2.47. The first kappa shape index (κ1) is 23.1. The fourth-order valence-corrected chi connectivity index (χ4v) is 3.93. The van der Waals surface area contributed by atoms with E-state index in [-0.39, 0.29) is 12.3 Å². The number of esters is 1. The quantitative estimate of drug-likeness (QED) is 0.635. The van der Waals surface area contributed by atoms with Gasteiger partial charge in [-0.25, -0.2) is 0 Å². The van der Waals surface area contributed by atoms with Crippen molar-refractivity contribution >= 4 is 11.9 Å². The minimum absolute atomic E-state index is 0.0541. The molecule has 8 heteroatoms. The maximum Gasteiger partial charge on any atom is 0.319 e. The van der Waals surface area contributed by atoms with Crippen LogP contribution < -0.4 is 9.47 Å². The largest absolute Gasteiger partial charge is 0.509 e. The fraction of sp³-hybridized carbons (Fsp3) is 0.333. The lowest BCUT2D eigenvalue weighted by atomic mass is 9.93. The summed E-state index contributed by atoms with van der Waals surface area (Å²) < 4.78 is 15.5. The SMILES string of the molecule is CCOC(=O)C1C(O)=C(C(O)c2ccc(OC)cc2)N(C(C)=O)C1c1ccc(OC)cc1. The van der Waals surface area contributed by atoms with E-state index in [0.717, 1.165) is 0 Å². The normalized spacial score (nSPS) is 19.0. The average molecular weight is 441 g/mol. The Kier molecular flexibility index (Phi) is 7.05. The Morgan fingerprint density at radius 3 is 2.00 bits per heavy atom. The Morgan fingerprint density at radius 1 is 1.00 bits per heavy atom. The lowest BCUT2D eigenvalue weighted by Gasteiger charge is -2.30. The van der Waals surface area contributed by atoms with Crippen molar-refractivity contribution in [3.05, 3.63) is 71.1 Å². The summed E-state index contributed by atoms with van der Waals surface area (Å²) in [6, 6.07) is 12.5. The summed E-state index contributed by atoms with van der Waals surface area (Å²) in [6.07, 6.45) is -1.36. The van der Waals surface area contributed by atoms with Gasteiger partial charge in [0.05, 0.1) is 32.6 Å². The van der Waals surface area contributed by atoms with Crippen molar-refractivity contribution in [1.82, 2.24) is 4.90 Å². The molecule has 32 heavy (non-hydrogen) atoms. The molecule has 1 amide bonds. The van der Waals surface area contributed by atoms with Crippen molar-refractivity contribution in [1.29, 1.82) is 0 Å². The van der Waals surface area contributed by atoms with Crippen molar-refractivity contribution in [2.24, 2.45) is 5.92 Å². The second-order valence-electron chi connectivity index (χ2n) is 7.28. The van der Waals surface area contributed by atoms with E-state index in [4.69, 9.17) is 14.2 Å². The number of hydrogen-bond acceptors (Lipinski definition) is 7. The molecule has 1 aliphatic rings. The summed E-state index contributed by atoms with van der Waals surface area (Å²) in [5.41, 5.74) is 0.959. The van der Waals surface area contributed by atoms with Gasteiger partial charge in [-0.05, 0) is 42.3 Å². The molecule has 0 aromatic heterocycles. The topological polar surface area (TPSA) is 106 Å². The zero-order valence-corrected chi connectivity index (χ0v) is 18.4. The fourth-order valence-electron chi connectivity index (χ4n) is 3.93. The lowest BCUT2D eigenvalue weighted by Crippen LogP contribution is -2.35. The molecule has 0 aliphatic carbocycles. The number of nitrogens with zero attached hydrogens (tertiary/aromatic N) is 1. The summed E-state index contributed by atoms with van der Waals surface area (Å²) >= 11 is 0. The van der Waals surface area contributed by atoms with Crippen molar-refractivity contribution in [2.45, 2.75) is 26.0 Å². The van der Waals surface area contributed by atoms with Crippen LogP contribution in [0, 0.1) is 5.92 Å². The summed E-state index contributed by atoms with van der Waals surface area (Å²) in [6.45, 7) is 3.08. The number of ether oxygens (including phenoxy) is 3. The van der Waals surface area contributed by atoms with Gasteiger partial charge >= 0.3 is 5.97 Å². The van der Waals surface area contributed by atoms with Crippen LogP contribution in [0.2, 0.25) is 0 Å². The zero-order chi connectivity index (χ0) is 23.4. The van der Waals surface area contributed by atoms with Crippen LogP contribution in [0.4, 0.5) is 0 Å². The molecule has 0 saturated carbocycles. The minimum atomic E-state index is -1.36. The second kappa shape index (κ2) is 9.74. The number of benzene rings is 2. The van der Waals surface area contributed by atoms with Crippen molar-refractivity contribution < 1.29 is 34.0 Å². The van der Waals surface area contributed by atoms with Gasteiger partial charge in [0.1, 0.15) is 29.3 Å². The van der Waals surface area contributed by atoms with Gasteiger partial charge in [-0.15, -0.1) is 0 Å². The number of rotatable bonds is 7. The van der Waals surface area contributed by atoms with Crippen LogP contribution in [0.25, 0.3) is 0 Å². The smallest absolute Gasteiger partial charge is 0.319 e. The standard InChI is InChI=1S/C24H27NO7/c1-5-32-24(29)19-20(15-6-10-17(30-3)11-7-15)25(14(2)26)21(23(19)28)22(27)16-8-12-18(31-4)13-9-16/h6-13,19-20,22,27-28H,5H2,1-4H3. The number of carbonyl (C=O) groups excluding carboxylic acids is 2. The third-order valence-corrected chi connectivity index (χ3v) is 5.44. The summed E-state index contributed by atoms with van der Waals surface area (Å²) in [4.78, 5) is 26.8. The van der Waals surface area contributed by atoms with Gasteiger partial charge < -0.3 is 29.3 Å². The number of methoxy groups -OCH3 is 2. The van der Waals surface area contributed by atoms with Crippen LogP contribution >= 0.6 is 0 Å². The molecule has 1 heterocycles. The van der Waals surface area contributed by atoms with Gasteiger partial charge in [0.2, 0.25) is 5.91 Å². The Morgan fingerprint density at radius 2 is 1.53 bits per heavy atom. The molecule has 170 valence electrons. The Bertz CT molecular complexity index is 998. The van der Waals surface area contributed by atoms with E-state index >= 15 is 0 Å². The monoisotopic (exact) mass is 441 g/mol. The van der Waals surface area contributed by atoms with Gasteiger partial charge in [0.25, 0.3) is 0 Å². The van der Waals surface area contributed by atoms with Gasteiger partial charge in [-0.2, -0.15) is 0 Å². The van der Waals surface area contributed by atoms with E-state index in [2.05, 4.69) is 0 Å². The first-order valence-electron chi connectivity index (χ1n) is 10.2. The molecule has 3 atom stereocenters. The van der Waals surface area contributed by atoms with Crippen molar-refractivity contribution in [3.8, 4) is 11.5 Å². The number of amides is 1. The molecule has 0 fully saturated rings. The molecule has 0 bridgehead atoms. The van der Waals surface area contributed by atoms with E-state index in [1.54, 1.807) is 55.5 Å². The summed E-state index contributed by atoms with van der Waals surface area (Å²) in [7, 11) is 3.06. The van der Waals surface area contributed by atoms with Crippen LogP contribution in [0.15, 0.2) is 60.0 Å². The van der Waals surface area contributed by atoms with Gasteiger partial charge in [-0.1, -0.05) is 24.3 Å². The number of hydrogen-bond donors (Lipinski definition) is 2.